The van der Waals surface area contributed by atoms with Crippen LogP contribution in [-0.2, 0) is 66.3 Å². The highest BCUT2D eigenvalue weighted by atomic mass is 16.8. The highest BCUT2D eigenvalue weighted by Crippen LogP contribution is 2.39. The van der Waals surface area contributed by atoms with Crippen LogP contribution in [0, 0.1) is 0 Å². The molecule has 21 aliphatic rings. The van der Waals surface area contributed by atoms with Crippen molar-refractivity contribution in [2.24, 2.45) is 4.99 Å². The van der Waals surface area contributed by atoms with Crippen LogP contribution in [0.2, 0.25) is 0 Å². The van der Waals surface area contributed by atoms with Crippen LogP contribution >= 0.6 is 0 Å². The molecule has 1 aromatic rings. The van der Waals surface area contributed by atoms with Crippen LogP contribution in [0.15, 0.2) is 29.3 Å². The third-order valence-corrected chi connectivity index (χ3v) is 15.8. The Labute approximate surface area is 474 Å². The van der Waals surface area contributed by atoms with Crippen molar-refractivity contribution in [3.05, 3.63) is 24.3 Å². The molecular formula is C48H74N2O34. The van der Waals surface area contributed by atoms with Crippen LogP contribution in [0.4, 0.5) is 11.4 Å². The zero-order valence-electron chi connectivity index (χ0n) is 44.0. The quantitative estimate of drug-likeness (QED) is 0.0849. The standard InChI is InChI=1S/C48H74N2O34/c49-12-1-3-13(4-2-12)50-5-14-35-21(57)28(64)42(71-14)79-36-15(6-51)73-44(30(66)23(36)59)81-38-17(8-53)75-46(32(68)25(38)61)83-40-19(10-55)77-48(34(70)27(40)63)84-41-20(11-56)76-47(33(69)26(41)62)82-39-18(9-54)74-45(31(67)24(39)60)80-37-16(7-52)72-43(78-35)29(65)22(37)58/h1-5,14-48,51-70H,6-11,49H2/t14-,15-,16-,17-,18-,19-,20-,21-,22-,23-,24-,25-,26-,27-,28-,29-,30-,31-,32-,33-,34-,35-,36-,37-,38-,39-,40-,41-,42-,43-,44-,45-,46-,47-,48-/m1/s1. The predicted octanol–water partition coefficient (Wildman–Crippen LogP) is -13.2. The van der Waals surface area contributed by atoms with Crippen molar-refractivity contribution in [3.8, 4) is 0 Å². The molecule has 21 saturated heterocycles. The Kier molecular flexibility index (Phi) is 21.9. The van der Waals surface area contributed by atoms with Gasteiger partial charge in [-0.2, -0.15) is 0 Å². The van der Waals surface area contributed by atoms with Crippen LogP contribution in [-0.4, -0.2) is 363 Å². The van der Waals surface area contributed by atoms with Crippen molar-refractivity contribution in [1.82, 2.24) is 0 Å². The Morgan fingerprint density at radius 1 is 0.286 bits per heavy atom. The molecule has 0 unspecified atom stereocenters. The second-order valence-corrected chi connectivity index (χ2v) is 21.3. The lowest BCUT2D eigenvalue weighted by Gasteiger charge is -2.50. The molecule has 36 nitrogen and oxygen atoms in total. The summed E-state index contributed by atoms with van der Waals surface area (Å²) in [5.74, 6) is 0. The first kappa shape index (κ1) is 65.8. The van der Waals surface area contributed by atoms with Gasteiger partial charge in [-0.3, -0.25) is 4.99 Å². The maximum absolute atomic E-state index is 11.8. The first-order valence-electron chi connectivity index (χ1n) is 26.8. The molecule has 21 heterocycles. The second kappa shape index (κ2) is 28.0. The number of benzene rings is 1. The maximum Gasteiger partial charge on any atom is 0.187 e. The molecule has 21 aliphatic heterocycles. The van der Waals surface area contributed by atoms with Crippen LogP contribution < -0.4 is 5.73 Å². The van der Waals surface area contributed by atoms with E-state index in [9.17, 15) is 102 Å². The number of ether oxygens (including phenoxy) is 14. The zero-order valence-corrected chi connectivity index (χ0v) is 44.0. The second-order valence-electron chi connectivity index (χ2n) is 21.3. The fourth-order valence-corrected chi connectivity index (χ4v) is 11.1. The average molecular weight is 1220 g/mol. The number of nitrogen functional groups attached to an aromatic ring is 1. The van der Waals surface area contributed by atoms with Gasteiger partial charge in [-0.1, -0.05) is 0 Å². The number of rotatable bonds is 8. The normalized spacial score (nSPS) is 51.8. The van der Waals surface area contributed by atoms with Crippen molar-refractivity contribution < 1.29 is 168 Å². The van der Waals surface area contributed by atoms with E-state index in [0.29, 0.717) is 5.69 Å². The van der Waals surface area contributed by atoms with Crippen LogP contribution in [0.1, 0.15) is 0 Å². The van der Waals surface area contributed by atoms with Crippen molar-refractivity contribution in [2.45, 2.75) is 215 Å². The predicted molar refractivity (Wildman–Crippen MR) is 260 cm³/mol. The summed E-state index contributed by atoms with van der Waals surface area (Å²) in [5.41, 5.74) is 6.41. The van der Waals surface area contributed by atoms with E-state index in [0.717, 1.165) is 6.21 Å². The minimum absolute atomic E-state index is 0.235. The summed E-state index contributed by atoms with van der Waals surface area (Å²) >= 11 is 0. The maximum atomic E-state index is 11.8. The number of anilines is 1. The fraction of sp³-hybridized carbons (Fsp3) is 0.854. The van der Waals surface area contributed by atoms with Crippen LogP contribution in [0.3, 0.4) is 0 Å². The van der Waals surface area contributed by atoms with E-state index in [1.165, 1.54) is 24.3 Å². The van der Waals surface area contributed by atoms with Gasteiger partial charge in [0.2, 0.25) is 0 Å². The lowest BCUT2D eigenvalue weighted by molar-refractivity contribution is -0.396. The van der Waals surface area contributed by atoms with E-state index in [1.54, 1.807) is 0 Å². The molecule has 22 rings (SSSR count). The Morgan fingerprint density at radius 3 is 0.714 bits per heavy atom. The van der Waals surface area contributed by atoms with E-state index >= 15 is 0 Å². The summed E-state index contributed by atoms with van der Waals surface area (Å²) in [7, 11) is 0. The van der Waals surface area contributed by atoms with Crippen LogP contribution in [0.25, 0.3) is 0 Å². The monoisotopic (exact) mass is 1220 g/mol. The van der Waals surface area contributed by atoms with E-state index in [1.807, 2.05) is 0 Å². The SMILES string of the molecule is Nc1ccc(N=C[C@H]2O[C@@H]3O[C@H]4[C@H](O)[C@@H](O)[C@@H](O[C@H]5[C@H](O)[C@@H](O)[C@@H](O[C@H]6[C@H](O)[C@@H](O)[C@@H](O[C@H]7[C@H](O)[C@@H](O)[C@@H](O[C@H]8[C@H](O)[C@@H](O)[C@@H](O[C@H]9[C@H](O)[C@@H](O)[C@@H](O[C@H]2[C@H](O)[C@H]3O)O[C@@H]9CO)O[C@@H]8CO)O[C@@H]7CO)O[C@@H]6CO)O[C@@H]5CO)O[C@@H]4CO)cc1. The van der Waals surface area contributed by atoms with Gasteiger partial charge in [0.15, 0.2) is 44.0 Å². The minimum Gasteiger partial charge on any atom is -0.399 e. The summed E-state index contributed by atoms with van der Waals surface area (Å²) in [5, 5.41) is 223. The molecule has 35 atom stereocenters. The molecule has 0 spiro atoms. The first-order valence-corrected chi connectivity index (χ1v) is 26.8. The molecule has 0 amide bonds. The Balaban J connectivity index is 1.02. The lowest BCUT2D eigenvalue weighted by Crippen LogP contribution is -2.68. The third kappa shape index (κ3) is 13.2. The van der Waals surface area contributed by atoms with E-state index < -0.39 is 255 Å². The number of aliphatic hydroxyl groups is 20. The van der Waals surface area contributed by atoms with Gasteiger partial charge in [0, 0.05) is 11.9 Å². The highest BCUT2D eigenvalue weighted by molar-refractivity contribution is 5.69. The summed E-state index contributed by atoms with van der Waals surface area (Å²) in [6, 6.07) is 5.92. The smallest absolute Gasteiger partial charge is 0.187 e. The molecule has 1 aromatic carbocycles. The first-order chi connectivity index (χ1) is 40.1. The van der Waals surface area contributed by atoms with Gasteiger partial charge in [-0.25, -0.2) is 0 Å². The topological polar surface area (TPSA) is 572 Å². The summed E-state index contributed by atoms with van der Waals surface area (Å²) in [6.45, 7) is -6.30. The Morgan fingerprint density at radius 2 is 0.488 bits per heavy atom. The highest BCUT2D eigenvalue weighted by Gasteiger charge is 2.59. The number of aliphatic hydroxyl groups excluding tert-OH is 20. The molecule has 0 aliphatic carbocycles. The van der Waals surface area contributed by atoms with E-state index in [2.05, 4.69) is 4.99 Å². The van der Waals surface area contributed by atoms with Gasteiger partial charge >= 0.3 is 0 Å². The number of nitrogens with two attached hydrogens (primary N) is 1. The summed E-state index contributed by atoms with van der Waals surface area (Å²) in [4.78, 5) is 4.32. The summed E-state index contributed by atoms with van der Waals surface area (Å²) < 4.78 is 81.0. The average Bonchev–Trinajstić information content (AvgIpc) is 3.53. The molecule has 22 N–H and O–H groups in total. The molecule has 480 valence electrons. The largest absolute Gasteiger partial charge is 0.399 e. The van der Waals surface area contributed by atoms with Crippen molar-refractivity contribution in [2.75, 3.05) is 45.4 Å². The number of aliphatic imine (C=N–C) groups is 1. The summed E-state index contributed by atoms with van der Waals surface area (Å²) in [6.07, 6.45) is -69.4. The molecule has 21 fully saturated rings. The van der Waals surface area contributed by atoms with Crippen molar-refractivity contribution in [1.29, 1.82) is 0 Å². The number of nitrogens with zero attached hydrogens (tertiary/aromatic N) is 1. The Bertz CT molecular complexity index is 2240. The third-order valence-electron chi connectivity index (χ3n) is 15.8. The van der Waals surface area contributed by atoms with Crippen molar-refractivity contribution in [3.63, 3.8) is 0 Å². The molecule has 0 radical (unpaired) electrons. The van der Waals surface area contributed by atoms with Gasteiger partial charge in [0.1, 0.15) is 171 Å². The van der Waals surface area contributed by atoms with E-state index in [4.69, 9.17) is 72.0 Å². The fourth-order valence-electron chi connectivity index (χ4n) is 11.1. The van der Waals surface area contributed by atoms with Gasteiger partial charge < -0.3 is 174 Å². The van der Waals surface area contributed by atoms with Crippen molar-refractivity contribution >= 4 is 17.6 Å². The van der Waals surface area contributed by atoms with Gasteiger partial charge in [-0.15, -0.1) is 0 Å². The molecule has 0 aromatic heterocycles. The van der Waals surface area contributed by atoms with Gasteiger partial charge in [0.05, 0.1) is 45.3 Å². The molecule has 14 bridgehead atoms. The Hall–Kier alpha value is -2.67. The van der Waals surface area contributed by atoms with Gasteiger partial charge in [0.25, 0.3) is 0 Å². The molecule has 36 heteroatoms. The number of hydrogen-bond acceptors (Lipinski definition) is 36. The van der Waals surface area contributed by atoms with E-state index in [-0.39, 0.29) is 5.69 Å². The van der Waals surface area contributed by atoms with Crippen LogP contribution in [0.5, 0.6) is 0 Å². The minimum atomic E-state index is -2.22. The molecular weight excluding hydrogens is 1150 g/mol. The molecule has 0 saturated carbocycles. The zero-order chi connectivity index (χ0) is 60.7. The lowest BCUT2D eigenvalue weighted by atomic mass is 9.95. The molecule has 84 heavy (non-hydrogen) atoms. The van der Waals surface area contributed by atoms with Gasteiger partial charge in [-0.05, 0) is 24.3 Å². The number of hydrogen-bond donors (Lipinski definition) is 21.